The van der Waals surface area contributed by atoms with Gasteiger partial charge in [0.1, 0.15) is 11.9 Å². The van der Waals surface area contributed by atoms with Crippen LogP contribution in [0.2, 0.25) is 0 Å². The van der Waals surface area contributed by atoms with E-state index in [0.29, 0.717) is 23.6 Å². The van der Waals surface area contributed by atoms with Gasteiger partial charge in [-0.1, -0.05) is 12.1 Å². The quantitative estimate of drug-likeness (QED) is 0.654. The van der Waals surface area contributed by atoms with Crippen molar-refractivity contribution in [1.82, 2.24) is 19.6 Å². The molecule has 0 bridgehead atoms. The van der Waals surface area contributed by atoms with Crippen LogP contribution >= 0.6 is 0 Å². The van der Waals surface area contributed by atoms with Crippen LogP contribution < -0.4 is 4.90 Å². The van der Waals surface area contributed by atoms with E-state index in [0.717, 1.165) is 11.3 Å². The minimum atomic E-state index is -0.476. The molecule has 134 valence electrons. The largest absolute Gasteiger partial charge is 0.462 e. The molecular formula is C18H19N5O3. The van der Waals surface area contributed by atoms with Gasteiger partial charge < -0.3 is 9.64 Å². The van der Waals surface area contributed by atoms with Crippen LogP contribution in [0.5, 0.6) is 0 Å². The van der Waals surface area contributed by atoms with E-state index in [1.165, 1.54) is 24.0 Å². The lowest BCUT2D eigenvalue weighted by Gasteiger charge is -2.19. The summed E-state index contributed by atoms with van der Waals surface area (Å²) >= 11 is 0. The van der Waals surface area contributed by atoms with E-state index in [1.807, 2.05) is 31.2 Å². The molecule has 1 aromatic carbocycles. The molecule has 0 aliphatic rings. The van der Waals surface area contributed by atoms with Gasteiger partial charge in [-0.15, -0.1) is 0 Å². The molecular weight excluding hydrogens is 334 g/mol. The summed E-state index contributed by atoms with van der Waals surface area (Å²) in [6.45, 7) is 6.02. The molecule has 0 saturated carbocycles. The summed E-state index contributed by atoms with van der Waals surface area (Å²) in [5.74, 6) is -0.124. The number of esters is 1. The van der Waals surface area contributed by atoms with Gasteiger partial charge in [-0.05, 0) is 26.0 Å². The SMILES string of the molecule is CCOC(=O)c1cnc2ncnn2c1-c1ccc(N(CC)C(C)=O)cc1. The van der Waals surface area contributed by atoms with Crippen LogP contribution in [-0.2, 0) is 9.53 Å². The van der Waals surface area contributed by atoms with E-state index in [-0.39, 0.29) is 12.5 Å². The van der Waals surface area contributed by atoms with E-state index >= 15 is 0 Å². The van der Waals surface area contributed by atoms with Gasteiger partial charge in [-0.25, -0.2) is 9.78 Å². The van der Waals surface area contributed by atoms with E-state index in [2.05, 4.69) is 15.1 Å². The smallest absolute Gasteiger partial charge is 0.341 e. The Kier molecular flexibility index (Phi) is 4.92. The van der Waals surface area contributed by atoms with Gasteiger partial charge in [-0.2, -0.15) is 14.6 Å². The second-order valence-electron chi connectivity index (χ2n) is 5.52. The van der Waals surface area contributed by atoms with Crippen LogP contribution in [0.25, 0.3) is 17.0 Å². The molecule has 0 spiro atoms. The first-order chi connectivity index (χ1) is 12.6. The van der Waals surface area contributed by atoms with Gasteiger partial charge >= 0.3 is 5.97 Å². The Labute approximate surface area is 150 Å². The normalized spacial score (nSPS) is 10.7. The Morgan fingerprint density at radius 1 is 1.15 bits per heavy atom. The van der Waals surface area contributed by atoms with Crippen LogP contribution in [0, 0.1) is 0 Å². The van der Waals surface area contributed by atoms with Crippen LogP contribution in [0.1, 0.15) is 31.1 Å². The molecule has 0 unspecified atom stereocenters. The van der Waals surface area contributed by atoms with Crippen molar-refractivity contribution in [2.75, 3.05) is 18.1 Å². The summed E-state index contributed by atoms with van der Waals surface area (Å²) in [4.78, 5) is 33.9. The zero-order valence-corrected chi connectivity index (χ0v) is 14.8. The summed E-state index contributed by atoms with van der Waals surface area (Å²) in [5.41, 5.74) is 2.37. The van der Waals surface area contributed by atoms with Gasteiger partial charge in [0.15, 0.2) is 0 Å². The average Bonchev–Trinajstić information content (AvgIpc) is 3.11. The number of ether oxygens (including phenoxy) is 1. The topological polar surface area (TPSA) is 89.7 Å². The van der Waals surface area contributed by atoms with E-state index in [9.17, 15) is 9.59 Å². The zero-order chi connectivity index (χ0) is 18.7. The fourth-order valence-electron chi connectivity index (χ4n) is 2.80. The average molecular weight is 353 g/mol. The fraction of sp³-hybridized carbons (Fsp3) is 0.278. The highest BCUT2D eigenvalue weighted by molar-refractivity contribution is 5.97. The molecule has 0 N–H and O–H groups in total. The van der Waals surface area contributed by atoms with Crippen LogP contribution in [0.4, 0.5) is 5.69 Å². The zero-order valence-electron chi connectivity index (χ0n) is 14.8. The molecule has 0 radical (unpaired) electrons. The maximum Gasteiger partial charge on any atom is 0.341 e. The van der Waals surface area contributed by atoms with E-state index in [4.69, 9.17) is 4.74 Å². The van der Waals surface area contributed by atoms with Crippen molar-refractivity contribution in [3.8, 4) is 11.3 Å². The maximum atomic E-state index is 12.3. The molecule has 0 atom stereocenters. The number of carbonyl (C=O) groups is 2. The number of benzene rings is 1. The molecule has 2 heterocycles. The van der Waals surface area contributed by atoms with Gasteiger partial charge in [-0.3, -0.25) is 4.79 Å². The predicted octanol–water partition coefficient (Wildman–Crippen LogP) is 2.34. The van der Waals surface area contributed by atoms with Gasteiger partial charge in [0.2, 0.25) is 5.91 Å². The first-order valence-electron chi connectivity index (χ1n) is 8.31. The Morgan fingerprint density at radius 2 is 1.88 bits per heavy atom. The Morgan fingerprint density at radius 3 is 2.50 bits per heavy atom. The van der Waals surface area contributed by atoms with Crippen molar-refractivity contribution < 1.29 is 14.3 Å². The highest BCUT2D eigenvalue weighted by Gasteiger charge is 2.20. The number of hydrogen-bond donors (Lipinski definition) is 0. The van der Waals surface area contributed by atoms with Gasteiger partial charge in [0.25, 0.3) is 5.78 Å². The standard InChI is InChI=1S/C18H19N5O3/c1-4-22(12(3)24)14-8-6-13(7-9-14)16-15(17(25)26-5-2)10-19-18-20-11-21-23(16)18/h6-11H,4-5H2,1-3H3. The number of amides is 1. The first-order valence-corrected chi connectivity index (χ1v) is 8.31. The monoisotopic (exact) mass is 353 g/mol. The second kappa shape index (κ2) is 7.30. The molecule has 3 aromatic rings. The molecule has 0 aliphatic heterocycles. The molecule has 0 saturated heterocycles. The molecule has 8 nitrogen and oxygen atoms in total. The number of rotatable bonds is 5. The van der Waals surface area contributed by atoms with Crippen LogP contribution in [0.3, 0.4) is 0 Å². The van der Waals surface area contributed by atoms with Crippen molar-refractivity contribution in [1.29, 1.82) is 0 Å². The predicted molar refractivity (Wildman–Crippen MR) is 95.9 cm³/mol. The Bertz CT molecular complexity index is 949. The first kappa shape index (κ1) is 17.5. The van der Waals surface area contributed by atoms with Crippen LogP contribution in [0.15, 0.2) is 36.8 Å². The number of aromatic nitrogens is 4. The third-order valence-corrected chi connectivity index (χ3v) is 3.95. The number of hydrogen-bond acceptors (Lipinski definition) is 6. The number of carbonyl (C=O) groups excluding carboxylic acids is 2. The molecule has 26 heavy (non-hydrogen) atoms. The summed E-state index contributed by atoms with van der Waals surface area (Å²) in [6, 6.07) is 7.33. The lowest BCUT2D eigenvalue weighted by Crippen LogP contribution is -2.27. The van der Waals surface area contributed by atoms with Gasteiger partial charge in [0.05, 0.1) is 12.3 Å². The molecule has 3 rings (SSSR count). The Balaban J connectivity index is 2.12. The summed E-state index contributed by atoms with van der Waals surface area (Å²) in [6.07, 6.45) is 2.82. The molecule has 0 fully saturated rings. The van der Waals surface area contributed by atoms with Crippen molar-refractivity contribution in [2.45, 2.75) is 20.8 Å². The highest BCUT2D eigenvalue weighted by Crippen LogP contribution is 2.26. The fourth-order valence-corrected chi connectivity index (χ4v) is 2.80. The second-order valence-corrected chi connectivity index (χ2v) is 5.52. The lowest BCUT2D eigenvalue weighted by molar-refractivity contribution is -0.116. The van der Waals surface area contributed by atoms with Crippen molar-refractivity contribution in [3.05, 3.63) is 42.4 Å². The number of nitrogens with zero attached hydrogens (tertiary/aromatic N) is 5. The minimum absolute atomic E-state index is 0.0324. The van der Waals surface area contributed by atoms with E-state index in [1.54, 1.807) is 11.8 Å². The summed E-state index contributed by atoms with van der Waals surface area (Å²) in [7, 11) is 0. The van der Waals surface area contributed by atoms with Crippen LogP contribution in [-0.4, -0.2) is 44.6 Å². The summed E-state index contributed by atoms with van der Waals surface area (Å²) < 4.78 is 6.64. The molecule has 2 aromatic heterocycles. The molecule has 0 aliphatic carbocycles. The van der Waals surface area contributed by atoms with Crippen molar-refractivity contribution >= 4 is 23.3 Å². The number of anilines is 1. The number of fused-ring (bicyclic) bond motifs is 1. The van der Waals surface area contributed by atoms with Crippen molar-refractivity contribution in [3.63, 3.8) is 0 Å². The third-order valence-electron chi connectivity index (χ3n) is 3.95. The highest BCUT2D eigenvalue weighted by atomic mass is 16.5. The maximum absolute atomic E-state index is 12.3. The Hall–Kier alpha value is -3.29. The lowest BCUT2D eigenvalue weighted by atomic mass is 10.1. The van der Waals surface area contributed by atoms with Gasteiger partial charge in [0, 0.05) is 30.9 Å². The summed E-state index contributed by atoms with van der Waals surface area (Å²) in [5, 5.41) is 4.17. The minimum Gasteiger partial charge on any atom is -0.462 e. The third kappa shape index (κ3) is 3.13. The molecule has 1 amide bonds. The van der Waals surface area contributed by atoms with E-state index < -0.39 is 5.97 Å². The molecule has 8 heteroatoms. The van der Waals surface area contributed by atoms with Crippen molar-refractivity contribution in [2.24, 2.45) is 0 Å².